The van der Waals surface area contributed by atoms with Gasteiger partial charge in [-0.1, -0.05) is 30.3 Å². The summed E-state index contributed by atoms with van der Waals surface area (Å²) in [5.41, 5.74) is 1.64. The third-order valence-corrected chi connectivity index (χ3v) is 3.46. The quantitative estimate of drug-likeness (QED) is 0.591. The van der Waals surface area contributed by atoms with Crippen molar-refractivity contribution in [3.05, 3.63) is 71.4 Å². The van der Waals surface area contributed by atoms with Crippen molar-refractivity contribution in [1.29, 1.82) is 0 Å². The van der Waals surface area contributed by atoms with Crippen LogP contribution in [0.25, 0.3) is 6.08 Å². The van der Waals surface area contributed by atoms with Crippen molar-refractivity contribution in [3.63, 3.8) is 0 Å². The van der Waals surface area contributed by atoms with E-state index in [2.05, 4.69) is 4.99 Å². The Balaban J connectivity index is 1.75. The highest BCUT2D eigenvalue weighted by atomic mass is 16.6. The first kappa shape index (κ1) is 17.4. The number of rotatable bonds is 6. The summed E-state index contributed by atoms with van der Waals surface area (Å²) in [5.74, 6) is -0.183. The van der Waals surface area contributed by atoms with Crippen LogP contribution < -0.4 is 4.74 Å². The monoisotopic (exact) mass is 351 g/mol. The van der Waals surface area contributed by atoms with Crippen molar-refractivity contribution in [2.45, 2.75) is 6.92 Å². The number of esters is 2. The van der Waals surface area contributed by atoms with E-state index in [-0.39, 0.29) is 18.2 Å². The minimum absolute atomic E-state index is 0.174. The predicted molar refractivity (Wildman–Crippen MR) is 95.6 cm³/mol. The molecule has 0 bridgehead atoms. The average Bonchev–Trinajstić information content (AvgIpc) is 3.02. The first-order valence-corrected chi connectivity index (χ1v) is 8.12. The second-order valence-corrected chi connectivity index (χ2v) is 5.37. The van der Waals surface area contributed by atoms with Gasteiger partial charge in [-0.15, -0.1) is 0 Å². The van der Waals surface area contributed by atoms with Gasteiger partial charge in [0, 0.05) is 5.56 Å². The smallest absolute Gasteiger partial charge is 0.363 e. The van der Waals surface area contributed by atoms with Crippen LogP contribution in [0.15, 0.2) is 65.3 Å². The minimum atomic E-state index is -0.512. The topological polar surface area (TPSA) is 74.2 Å². The standard InChI is InChI=1S/C20H17NO5/c1-2-24-18(22)13-25-16-10-6-7-14(11-16)12-17-20(23)26-19(21-17)15-8-4-3-5-9-15/h3-12H,2,13H2,1H3/b17-12-. The fraction of sp³-hybridized carbons (Fsp3) is 0.150. The van der Waals surface area contributed by atoms with Crippen LogP contribution in [0.1, 0.15) is 18.1 Å². The Morgan fingerprint density at radius 2 is 1.96 bits per heavy atom. The zero-order valence-electron chi connectivity index (χ0n) is 14.2. The van der Waals surface area contributed by atoms with Gasteiger partial charge in [-0.2, -0.15) is 0 Å². The highest BCUT2D eigenvalue weighted by Gasteiger charge is 2.23. The van der Waals surface area contributed by atoms with E-state index < -0.39 is 11.9 Å². The molecule has 2 aromatic carbocycles. The third-order valence-electron chi connectivity index (χ3n) is 3.46. The molecule has 1 aliphatic rings. The number of benzene rings is 2. The average molecular weight is 351 g/mol. The fourth-order valence-electron chi connectivity index (χ4n) is 2.31. The Bertz CT molecular complexity index is 871. The number of cyclic esters (lactones) is 1. The van der Waals surface area contributed by atoms with Gasteiger partial charge in [0.25, 0.3) is 0 Å². The summed E-state index contributed by atoms with van der Waals surface area (Å²) < 4.78 is 15.4. The van der Waals surface area contributed by atoms with Crippen molar-refractivity contribution >= 4 is 23.9 Å². The first-order chi connectivity index (χ1) is 12.7. The first-order valence-electron chi connectivity index (χ1n) is 8.12. The van der Waals surface area contributed by atoms with Crippen molar-refractivity contribution < 1.29 is 23.8 Å². The summed E-state index contributed by atoms with van der Waals surface area (Å²) >= 11 is 0. The lowest BCUT2D eigenvalue weighted by atomic mass is 10.2. The molecule has 26 heavy (non-hydrogen) atoms. The Morgan fingerprint density at radius 1 is 1.15 bits per heavy atom. The van der Waals surface area contributed by atoms with E-state index in [9.17, 15) is 9.59 Å². The molecular formula is C20H17NO5. The predicted octanol–water partition coefficient (Wildman–Crippen LogP) is 2.97. The molecule has 0 unspecified atom stereocenters. The van der Waals surface area contributed by atoms with Crippen molar-refractivity contribution in [1.82, 2.24) is 0 Å². The highest BCUT2D eigenvalue weighted by molar-refractivity contribution is 6.12. The Hall–Kier alpha value is -3.41. The van der Waals surface area contributed by atoms with E-state index >= 15 is 0 Å². The molecule has 1 heterocycles. The molecule has 0 aromatic heterocycles. The molecule has 2 aromatic rings. The van der Waals surface area contributed by atoms with Gasteiger partial charge in [0.05, 0.1) is 6.61 Å². The molecule has 0 amide bonds. The highest BCUT2D eigenvalue weighted by Crippen LogP contribution is 2.21. The van der Waals surface area contributed by atoms with Gasteiger partial charge in [-0.05, 0) is 42.8 Å². The van der Waals surface area contributed by atoms with Crippen molar-refractivity contribution in [3.8, 4) is 5.75 Å². The number of aliphatic imine (C=N–C) groups is 1. The molecule has 0 N–H and O–H groups in total. The van der Waals surface area contributed by atoms with Crippen molar-refractivity contribution in [2.24, 2.45) is 4.99 Å². The normalized spacial score (nSPS) is 14.7. The molecule has 0 fully saturated rings. The van der Waals surface area contributed by atoms with Crippen LogP contribution in [0.4, 0.5) is 0 Å². The maximum Gasteiger partial charge on any atom is 0.363 e. The minimum Gasteiger partial charge on any atom is -0.482 e. The van der Waals surface area contributed by atoms with Crippen LogP contribution in [0.3, 0.4) is 0 Å². The van der Waals surface area contributed by atoms with Crippen LogP contribution in [-0.4, -0.2) is 31.1 Å². The van der Waals surface area contributed by atoms with Crippen LogP contribution in [0.2, 0.25) is 0 Å². The molecular weight excluding hydrogens is 334 g/mol. The second-order valence-electron chi connectivity index (χ2n) is 5.37. The molecule has 1 aliphatic heterocycles. The number of hydrogen-bond donors (Lipinski definition) is 0. The van der Waals surface area contributed by atoms with Gasteiger partial charge >= 0.3 is 11.9 Å². The summed E-state index contributed by atoms with van der Waals surface area (Å²) in [7, 11) is 0. The van der Waals surface area contributed by atoms with Crippen LogP contribution in [0.5, 0.6) is 5.75 Å². The van der Waals surface area contributed by atoms with E-state index in [0.717, 1.165) is 5.56 Å². The second kappa shape index (κ2) is 8.11. The fourth-order valence-corrected chi connectivity index (χ4v) is 2.31. The summed E-state index contributed by atoms with van der Waals surface area (Å²) in [5, 5.41) is 0. The van der Waals surface area contributed by atoms with Gasteiger partial charge in [0.2, 0.25) is 5.90 Å². The van der Waals surface area contributed by atoms with Crippen LogP contribution >= 0.6 is 0 Å². The van der Waals surface area contributed by atoms with Gasteiger partial charge in [0.1, 0.15) is 5.75 Å². The number of carbonyl (C=O) groups is 2. The molecule has 0 radical (unpaired) electrons. The van der Waals surface area contributed by atoms with Crippen molar-refractivity contribution in [2.75, 3.05) is 13.2 Å². The molecule has 132 valence electrons. The zero-order chi connectivity index (χ0) is 18.4. The zero-order valence-corrected chi connectivity index (χ0v) is 14.2. The third kappa shape index (κ3) is 4.36. The number of ether oxygens (including phenoxy) is 3. The number of nitrogens with zero attached hydrogens (tertiary/aromatic N) is 1. The molecule has 0 aliphatic carbocycles. The number of hydrogen-bond acceptors (Lipinski definition) is 6. The molecule has 6 heteroatoms. The Kier molecular flexibility index (Phi) is 5.43. The van der Waals surface area contributed by atoms with Gasteiger partial charge < -0.3 is 14.2 Å². The van der Waals surface area contributed by atoms with Gasteiger partial charge in [0.15, 0.2) is 12.3 Å². The molecule has 0 saturated heterocycles. The van der Waals surface area contributed by atoms with E-state index in [4.69, 9.17) is 14.2 Å². The van der Waals surface area contributed by atoms with E-state index in [1.54, 1.807) is 37.3 Å². The van der Waals surface area contributed by atoms with Crippen LogP contribution in [-0.2, 0) is 19.1 Å². The summed E-state index contributed by atoms with van der Waals surface area (Å²) in [6, 6.07) is 16.2. The maximum atomic E-state index is 12.0. The lowest BCUT2D eigenvalue weighted by Crippen LogP contribution is -2.14. The van der Waals surface area contributed by atoms with Gasteiger partial charge in [-0.3, -0.25) is 0 Å². The lowest BCUT2D eigenvalue weighted by Gasteiger charge is -2.06. The molecule has 6 nitrogen and oxygen atoms in total. The summed E-state index contributed by atoms with van der Waals surface area (Å²) in [4.78, 5) is 27.6. The Morgan fingerprint density at radius 3 is 2.73 bits per heavy atom. The summed E-state index contributed by atoms with van der Waals surface area (Å²) in [6.07, 6.45) is 1.61. The molecule has 0 atom stereocenters. The lowest BCUT2D eigenvalue weighted by molar-refractivity contribution is -0.145. The van der Waals surface area contributed by atoms with E-state index in [1.807, 2.05) is 30.3 Å². The number of carbonyl (C=O) groups excluding carboxylic acids is 2. The SMILES string of the molecule is CCOC(=O)COc1cccc(/C=C2\N=C(c3ccccc3)OC2=O)c1. The summed E-state index contributed by atoms with van der Waals surface area (Å²) in [6.45, 7) is 1.86. The van der Waals surface area contributed by atoms with E-state index in [1.165, 1.54) is 0 Å². The van der Waals surface area contributed by atoms with Crippen LogP contribution in [0, 0.1) is 0 Å². The largest absolute Gasteiger partial charge is 0.482 e. The molecule has 3 rings (SSSR count). The van der Waals surface area contributed by atoms with E-state index in [0.29, 0.717) is 17.9 Å². The molecule has 0 saturated carbocycles. The van der Waals surface area contributed by atoms with Gasteiger partial charge in [-0.25, -0.2) is 14.6 Å². The molecule has 0 spiro atoms. The Labute approximate surface area is 150 Å². The maximum absolute atomic E-state index is 12.0.